The lowest BCUT2D eigenvalue weighted by molar-refractivity contribution is -0.830. The molecule has 0 aromatic rings. The molecule has 1 aliphatic heterocycles. The minimum absolute atomic E-state index is 0.0811. The Hall–Kier alpha value is -2.26. The van der Waals surface area contributed by atoms with E-state index in [1.807, 2.05) is 27.8 Å². The zero-order valence-electron chi connectivity index (χ0n) is 25.3. The molecule has 9 heteroatoms. The summed E-state index contributed by atoms with van der Waals surface area (Å²) in [7, 11) is 5.29. The number of nitrogens with one attached hydrogen (secondary N) is 1. The molecule has 0 saturated carbocycles. The lowest BCUT2D eigenvalue weighted by Gasteiger charge is -2.35. The third-order valence-electron chi connectivity index (χ3n) is 5.31. The molecule has 1 rings (SSSR count). The van der Waals surface area contributed by atoms with Crippen LogP contribution in [-0.2, 0) is 14.3 Å². The number of ether oxygens (including phenoxy) is 2. The van der Waals surface area contributed by atoms with Crippen molar-refractivity contribution in [3.8, 4) is 0 Å². The summed E-state index contributed by atoms with van der Waals surface area (Å²) >= 11 is 0. The molecule has 2 N–H and O–H groups in total. The lowest BCUT2D eigenvalue weighted by atomic mass is 10.0. The Morgan fingerprint density at radius 3 is 2.19 bits per heavy atom. The molecule has 0 aliphatic carbocycles. The average Bonchev–Trinajstić information content (AvgIpc) is 2.86. The SMILES string of the molecule is CC.CCCCCCOC(=NC)C(=NC)C1=CCC[N+](C)(C(=O)CNC(=O)OC(C)(C)C)C1.CCCO. The highest BCUT2D eigenvalue weighted by atomic mass is 16.6. The number of quaternary nitrogens is 1. The number of carbonyl (C=O) groups is 2. The predicted octanol–water partition coefficient (Wildman–Crippen LogP) is 4.93. The minimum atomic E-state index is -0.606. The molecule has 9 nitrogen and oxygen atoms in total. The molecule has 2 amide bonds. The van der Waals surface area contributed by atoms with E-state index in [0.717, 1.165) is 31.3 Å². The second kappa shape index (κ2) is 20.8. The van der Waals surface area contributed by atoms with Crippen LogP contribution in [0.15, 0.2) is 21.6 Å². The topological polar surface area (TPSA) is 110 Å². The maximum absolute atomic E-state index is 12.9. The third kappa shape index (κ3) is 16.2. The molecule has 1 heterocycles. The van der Waals surface area contributed by atoms with Crippen LogP contribution in [0.25, 0.3) is 0 Å². The van der Waals surface area contributed by atoms with Crippen LogP contribution >= 0.6 is 0 Å². The van der Waals surface area contributed by atoms with Crippen LogP contribution in [0.4, 0.5) is 4.79 Å². The van der Waals surface area contributed by atoms with E-state index in [-0.39, 0.29) is 16.9 Å². The van der Waals surface area contributed by atoms with E-state index in [4.69, 9.17) is 14.6 Å². The first kappa shape index (κ1) is 36.9. The molecule has 0 aromatic carbocycles. The third-order valence-corrected chi connectivity index (χ3v) is 5.31. The number of rotatable bonds is 10. The van der Waals surface area contributed by atoms with Gasteiger partial charge in [-0.2, -0.15) is 0 Å². The van der Waals surface area contributed by atoms with Crippen LogP contribution in [-0.4, -0.2) is 92.8 Å². The van der Waals surface area contributed by atoms with Crippen LogP contribution in [0.1, 0.15) is 87.0 Å². The van der Waals surface area contributed by atoms with Gasteiger partial charge < -0.3 is 19.9 Å². The highest BCUT2D eigenvalue weighted by molar-refractivity contribution is 6.45. The highest BCUT2D eigenvalue weighted by Gasteiger charge is 2.37. The number of alkyl carbamates (subject to hydrolysis) is 1. The standard InChI is InChI=1S/C23H40N4O4.C3H8O.C2H6/c1-8-9-10-11-15-30-21(25-6)20(24-5)18-13-12-14-27(7,17-18)19(28)16-26-22(29)31-23(2,3)4;1-2-3-4;1-2/h13H,8-12,14-17H2,1-7H3;4H,2-3H2,1H3;1-2H3/p+1. The zero-order chi connectivity index (χ0) is 28.9. The molecule has 0 spiro atoms. The fourth-order valence-electron chi connectivity index (χ4n) is 3.39. The molecule has 0 saturated heterocycles. The van der Waals surface area contributed by atoms with Gasteiger partial charge in [0.25, 0.3) is 0 Å². The van der Waals surface area contributed by atoms with E-state index in [9.17, 15) is 9.59 Å². The Balaban J connectivity index is 0. The maximum Gasteiger partial charge on any atom is 0.408 e. The molecule has 0 bridgehead atoms. The number of aliphatic hydroxyl groups is 1. The Morgan fingerprint density at radius 1 is 1.08 bits per heavy atom. The number of amides is 2. The second-order valence-corrected chi connectivity index (χ2v) is 9.78. The normalized spacial score (nSPS) is 17.9. The largest absolute Gasteiger partial charge is 0.476 e. The minimum Gasteiger partial charge on any atom is -0.476 e. The molecule has 0 aromatic heterocycles. The van der Waals surface area contributed by atoms with E-state index in [1.165, 1.54) is 12.8 Å². The summed E-state index contributed by atoms with van der Waals surface area (Å²) in [5, 5.41) is 10.4. The number of nitrogens with zero attached hydrogens (tertiary/aromatic N) is 3. The Kier molecular flexibility index (Phi) is 20.7. The molecule has 1 atom stereocenters. The van der Waals surface area contributed by atoms with Gasteiger partial charge in [0.2, 0.25) is 5.90 Å². The molecule has 0 fully saturated rings. The average molecular weight is 528 g/mol. The van der Waals surface area contributed by atoms with Crippen LogP contribution in [0.2, 0.25) is 0 Å². The number of likely N-dealkylation sites (N-methyl/N-ethyl adjacent to an activating group) is 1. The molecular weight excluding hydrogens is 472 g/mol. The quantitative estimate of drug-likeness (QED) is 0.181. The summed E-state index contributed by atoms with van der Waals surface area (Å²) in [6, 6.07) is 0. The van der Waals surface area contributed by atoms with Crippen molar-refractivity contribution in [2.24, 2.45) is 9.98 Å². The molecular formula is C28H55N4O5+. The van der Waals surface area contributed by atoms with Crippen molar-refractivity contribution < 1.29 is 28.7 Å². The van der Waals surface area contributed by atoms with Gasteiger partial charge in [-0.3, -0.25) is 14.5 Å². The van der Waals surface area contributed by atoms with Crippen molar-refractivity contribution >= 4 is 23.6 Å². The van der Waals surface area contributed by atoms with Crippen LogP contribution in [0.5, 0.6) is 0 Å². The smallest absolute Gasteiger partial charge is 0.408 e. The number of hydrogen-bond donors (Lipinski definition) is 2. The fraction of sp³-hybridized carbons (Fsp3) is 0.786. The molecule has 0 radical (unpaired) electrons. The van der Waals surface area contributed by atoms with Crippen molar-refractivity contribution in [3.05, 3.63) is 11.6 Å². The van der Waals surface area contributed by atoms with Gasteiger partial charge >= 0.3 is 12.0 Å². The predicted molar refractivity (Wildman–Crippen MR) is 153 cm³/mol. The van der Waals surface area contributed by atoms with E-state index in [2.05, 4.69) is 28.3 Å². The van der Waals surface area contributed by atoms with Crippen molar-refractivity contribution in [1.29, 1.82) is 0 Å². The number of carbonyl (C=O) groups excluding carboxylic acids is 2. The van der Waals surface area contributed by atoms with Gasteiger partial charge in [0.05, 0.1) is 20.2 Å². The first-order valence-electron chi connectivity index (χ1n) is 13.7. The van der Waals surface area contributed by atoms with Gasteiger partial charge in [0.1, 0.15) is 24.4 Å². The van der Waals surface area contributed by atoms with Gasteiger partial charge in [-0.25, -0.2) is 9.59 Å². The summed E-state index contributed by atoms with van der Waals surface area (Å²) in [6.45, 7) is 15.4. The van der Waals surface area contributed by atoms with E-state index in [1.54, 1.807) is 34.9 Å². The van der Waals surface area contributed by atoms with E-state index in [0.29, 0.717) is 37.9 Å². The van der Waals surface area contributed by atoms with Crippen molar-refractivity contribution in [2.45, 2.75) is 92.6 Å². The lowest BCUT2D eigenvalue weighted by Crippen LogP contribution is -2.57. The fourth-order valence-corrected chi connectivity index (χ4v) is 3.39. The molecule has 1 unspecified atom stereocenters. The van der Waals surface area contributed by atoms with Crippen LogP contribution in [0, 0.1) is 0 Å². The second-order valence-electron chi connectivity index (χ2n) is 9.78. The summed E-state index contributed by atoms with van der Waals surface area (Å²) in [5.74, 6) is 0.431. The molecule has 1 aliphatic rings. The zero-order valence-corrected chi connectivity index (χ0v) is 25.3. The summed E-state index contributed by atoms with van der Waals surface area (Å²) in [5.41, 5.74) is 1.02. The maximum atomic E-state index is 12.9. The first-order chi connectivity index (χ1) is 17.5. The number of unbranched alkanes of at least 4 members (excludes halogenated alkanes) is 3. The van der Waals surface area contributed by atoms with Gasteiger partial charge in [-0.15, -0.1) is 0 Å². The number of hydrogen-bond acceptors (Lipinski definition) is 7. The number of aliphatic imine (C=N–C) groups is 2. The first-order valence-corrected chi connectivity index (χ1v) is 13.7. The van der Waals surface area contributed by atoms with Gasteiger partial charge in [0.15, 0.2) is 0 Å². The van der Waals surface area contributed by atoms with Gasteiger partial charge in [0, 0.05) is 32.7 Å². The molecule has 216 valence electrons. The van der Waals surface area contributed by atoms with E-state index < -0.39 is 11.7 Å². The monoisotopic (exact) mass is 527 g/mol. The summed E-state index contributed by atoms with van der Waals surface area (Å²) < 4.78 is 11.3. The number of aliphatic hydroxyl groups excluding tert-OH is 1. The Labute approximate surface area is 226 Å². The highest BCUT2D eigenvalue weighted by Crippen LogP contribution is 2.19. The van der Waals surface area contributed by atoms with Gasteiger partial charge in [-0.1, -0.05) is 53.0 Å². The van der Waals surface area contributed by atoms with Crippen molar-refractivity contribution in [1.82, 2.24) is 5.32 Å². The Morgan fingerprint density at radius 2 is 1.70 bits per heavy atom. The van der Waals surface area contributed by atoms with Crippen LogP contribution < -0.4 is 5.32 Å². The van der Waals surface area contributed by atoms with E-state index >= 15 is 0 Å². The molecule has 37 heavy (non-hydrogen) atoms. The summed E-state index contributed by atoms with van der Waals surface area (Å²) in [4.78, 5) is 33.6. The van der Waals surface area contributed by atoms with Gasteiger partial charge in [-0.05, 0) is 33.6 Å². The summed E-state index contributed by atoms with van der Waals surface area (Å²) in [6.07, 6.45) is 7.59. The van der Waals surface area contributed by atoms with Crippen molar-refractivity contribution in [3.63, 3.8) is 0 Å². The van der Waals surface area contributed by atoms with Crippen LogP contribution in [0.3, 0.4) is 0 Å². The van der Waals surface area contributed by atoms with Crippen molar-refractivity contribution in [2.75, 3.05) is 54.0 Å². The Bertz CT molecular complexity index is 739.